The van der Waals surface area contributed by atoms with Crippen LogP contribution >= 0.6 is 0 Å². The molecule has 0 aliphatic heterocycles. The largest absolute Gasteiger partial charge is 0.301 e. The number of nitrogens with one attached hydrogen (secondary N) is 1. The fourth-order valence-electron chi connectivity index (χ4n) is 2.32. The van der Waals surface area contributed by atoms with E-state index < -0.39 is 0 Å². The molecule has 84 valence electrons. The summed E-state index contributed by atoms with van der Waals surface area (Å²) in [4.78, 5) is 0. The van der Waals surface area contributed by atoms with E-state index in [4.69, 9.17) is 6.42 Å². The average Bonchev–Trinajstić information content (AvgIpc) is 2.29. The summed E-state index contributed by atoms with van der Waals surface area (Å²) in [6.07, 6.45) is 8.91. The lowest BCUT2D eigenvalue weighted by Gasteiger charge is -2.37. The molecule has 1 aliphatic rings. The van der Waals surface area contributed by atoms with Gasteiger partial charge in [-0.05, 0) is 30.7 Å². The predicted molar refractivity (Wildman–Crippen MR) is 68.3 cm³/mol. The van der Waals surface area contributed by atoms with Crippen molar-refractivity contribution in [2.24, 2.45) is 0 Å². The summed E-state index contributed by atoms with van der Waals surface area (Å²) in [7, 11) is 0. The number of hydrogen-bond acceptors (Lipinski definition) is 1. The van der Waals surface area contributed by atoms with E-state index in [2.05, 4.69) is 48.5 Å². The minimum atomic E-state index is 0.252. The van der Waals surface area contributed by atoms with Crippen LogP contribution < -0.4 is 5.32 Å². The van der Waals surface area contributed by atoms with Gasteiger partial charge in [0.25, 0.3) is 0 Å². The average molecular weight is 213 g/mol. The van der Waals surface area contributed by atoms with E-state index in [1.54, 1.807) is 0 Å². The molecule has 1 nitrogen and oxygen atoms in total. The highest BCUT2D eigenvalue weighted by atomic mass is 15.0. The van der Waals surface area contributed by atoms with Gasteiger partial charge in [0.15, 0.2) is 0 Å². The third-order valence-corrected chi connectivity index (χ3v) is 3.46. The van der Waals surface area contributed by atoms with Crippen molar-refractivity contribution in [2.45, 2.75) is 44.2 Å². The Labute approximate surface area is 98.3 Å². The van der Waals surface area contributed by atoms with Crippen molar-refractivity contribution in [1.29, 1.82) is 0 Å². The molecular weight excluding hydrogens is 194 g/mol. The highest BCUT2D eigenvalue weighted by molar-refractivity contribution is 5.23. The Morgan fingerprint density at radius 2 is 2.06 bits per heavy atom. The molecule has 0 amide bonds. The van der Waals surface area contributed by atoms with Crippen LogP contribution in [0.15, 0.2) is 30.3 Å². The fourth-order valence-corrected chi connectivity index (χ4v) is 2.32. The first-order valence-electron chi connectivity index (χ1n) is 6.10. The number of benzene rings is 1. The molecule has 1 fully saturated rings. The Bertz CT molecular complexity index is 357. The van der Waals surface area contributed by atoms with Crippen LogP contribution in [0.5, 0.6) is 0 Å². The van der Waals surface area contributed by atoms with E-state index in [0.29, 0.717) is 6.04 Å². The van der Waals surface area contributed by atoms with Crippen LogP contribution in [0.25, 0.3) is 0 Å². The molecule has 1 aliphatic carbocycles. The van der Waals surface area contributed by atoms with Crippen molar-refractivity contribution in [3.05, 3.63) is 35.9 Å². The monoisotopic (exact) mass is 213 g/mol. The first kappa shape index (κ1) is 11.2. The van der Waals surface area contributed by atoms with Gasteiger partial charge in [0.2, 0.25) is 0 Å². The number of rotatable bonds is 4. The first-order chi connectivity index (χ1) is 7.83. The zero-order valence-electron chi connectivity index (χ0n) is 9.82. The van der Waals surface area contributed by atoms with Gasteiger partial charge in [0, 0.05) is 6.04 Å². The molecule has 16 heavy (non-hydrogen) atoms. The summed E-state index contributed by atoms with van der Waals surface area (Å²) in [6.45, 7) is 2.13. The maximum atomic E-state index is 5.44. The smallest absolute Gasteiger partial charge is 0.0686 e. The minimum Gasteiger partial charge on any atom is -0.301 e. The lowest BCUT2D eigenvalue weighted by molar-refractivity contribution is 0.278. The van der Waals surface area contributed by atoms with E-state index >= 15 is 0 Å². The SMILES string of the molecule is C#CC(CC)NC1CC(c2ccccc2)C1. The lowest BCUT2D eigenvalue weighted by Crippen LogP contribution is -2.44. The quantitative estimate of drug-likeness (QED) is 0.758. The van der Waals surface area contributed by atoms with Gasteiger partial charge in [0.05, 0.1) is 6.04 Å². The summed E-state index contributed by atoms with van der Waals surface area (Å²) in [5.41, 5.74) is 1.47. The lowest BCUT2D eigenvalue weighted by atomic mass is 9.75. The molecule has 1 N–H and O–H groups in total. The molecule has 0 bridgehead atoms. The minimum absolute atomic E-state index is 0.252. The van der Waals surface area contributed by atoms with Crippen LogP contribution in [-0.2, 0) is 0 Å². The van der Waals surface area contributed by atoms with Crippen molar-refractivity contribution in [3.8, 4) is 12.3 Å². The molecule has 1 heteroatoms. The van der Waals surface area contributed by atoms with E-state index in [-0.39, 0.29) is 6.04 Å². The second-order valence-corrected chi connectivity index (χ2v) is 4.57. The van der Waals surface area contributed by atoms with Crippen molar-refractivity contribution in [1.82, 2.24) is 5.32 Å². The van der Waals surface area contributed by atoms with Gasteiger partial charge in [-0.2, -0.15) is 0 Å². The van der Waals surface area contributed by atoms with Crippen molar-refractivity contribution in [3.63, 3.8) is 0 Å². The second-order valence-electron chi connectivity index (χ2n) is 4.57. The van der Waals surface area contributed by atoms with Crippen molar-refractivity contribution >= 4 is 0 Å². The molecule has 0 heterocycles. The number of hydrogen-bond donors (Lipinski definition) is 1. The zero-order valence-corrected chi connectivity index (χ0v) is 9.82. The molecule has 1 unspecified atom stereocenters. The predicted octanol–water partition coefficient (Wildman–Crippen LogP) is 2.93. The summed E-state index contributed by atoms with van der Waals surface area (Å²) in [5.74, 6) is 3.52. The molecule has 1 aromatic carbocycles. The second kappa shape index (κ2) is 5.18. The molecule has 0 radical (unpaired) electrons. The van der Waals surface area contributed by atoms with E-state index in [9.17, 15) is 0 Å². The van der Waals surface area contributed by atoms with E-state index in [1.165, 1.54) is 18.4 Å². The Balaban J connectivity index is 1.80. The normalized spacial score (nSPS) is 25.5. The van der Waals surface area contributed by atoms with Gasteiger partial charge in [-0.25, -0.2) is 0 Å². The number of terminal acetylenes is 1. The standard InChI is InChI=1S/C15H19N/c1-3-14(4-2)16-15-10-13(11-15)12-8-6-5-7-9-12/h1,5-9,13-16H,4,10-11H2,2H3. The van der Waals surface area contributed by atoms with E-state index in [1.807, 2.05) is 0 Å². The molecule has 1 aromatic rings. The van der Waals surface area contributed by atoms with Gasteiger partial charge in [-0.1, -0.05) is 43.2 Å². The molecule has 2 rings (SSSR count). The summed E-state index contributed by atoms with van der Waals surface area (Å²) < 4.78 is 0. The fraction of sp³-hybridized carbons (Fsp3) is 0.467. The highest BCUT2D eigenvalue weighted by Crippen LogP contribution is 2.36. The van der Waals surface area contributed by atoms with Crippen LogP contribution in [0.3, 0.4) is 0 Å². The third kappa shape index (κ3) is 2.46. The summed E-state index contributed by atoms with van der Waals surface area (Å²) in [5, 5.41) is 3.52. The maximum absolute atomic E-state index is 5.44. The molecule has 0 spiro atoms. The summed E-state index contributed by atoms with van der Waals surface area (Å²) in [6, 6.07) is 11.6. The van der Waals surface area contributed by atoms with Gasteiger partial charge < -0.3 is 5.32 Å². The molecule has 1 atom stereocenters. The van der Waals surface area contributed by atoms with Crippen molar-refractivity contribution < 1.29 is 0 Å². The van der Waals surface area contributed by atoms with Crippen LogP contribution in [0, 0.1) is 12.3 Å². The maximum Gasteiger partial charge on any atom is 0.0686 e. The molecule has 1 saturated carbocycles. The molecule has 0 aromatic heterocycles. The highest BCUT2D eigenvalue weighted by Gasteiger charge is 2.30. The topological polar surface area (TPSA) is 12.0 Å². The Hall–Kier alpha value is -1.26. The van der Waals surface area contributed by atoms with Gasteiger partial charge in [0.1, 0.15) is 0 Å². The van der Waals surface area contributed by atoms with Crippen LogP contribution in [0.4, 0.5) is 0 Å². The Kier molecular flexibility index (Phi) is 3.64. The van der Waals surface area contributed by atoms with Crippen LogP contribution in [0.2, 0.25) is 0 Å². The van der Waals surface area contributed by atoms with Gasteiger partial charge in [-0.3, -0.25) is 0 Å². The van der Waals surface area contributed by atoms with Gasteiger partial charge >= 0.3 is 0 Å². The van der Waals surface area contributed by atoms with Crippen LogP contribution in [-0.4, -0.2) is 12.1 Å². The molecular formula is C15H19N. The van der Waals surface area contributed by atoms with Crippen LogP contribution in [0.1, 0.15) is 37.7 Å². The molecule has 0 saturated heterocycles. The Morgan fingerprint density at radius 3 is 2.62 bits per heavy atom. The Morgan fingerprint density at radius 1 is 1.38 bits per heavy atom. The summed E-state index contributed by atoms with van der Waals surface area (Å²) >= 11 is 0. The third-order valence-electron chi connectivity index (χ3n) is 3.46. The zero-order chi connectivity index (χ0) is 11.4. The first-order valence-corrected chi connectivity index (χ1v) is 6.10. The van der Waals surface area contributed by atoms with Crippen molar-refractivity contribution in [2.75, 3.05) is 0 Å². The van der Waals surface area contributed by atoms with E-state index in [0.717, 1.165) is 12.3 Å². The van der Waals surface area contributed by atoms with Gasteiger partial charge in [-0.15, -0.1) is 6.42 Å².